The third kappa shape index (κ3) is 3.04. The molecule has 1 heterocycles. The van der Waals surface area contributed by atoms with Gasteiger partial charge in [0.15, 0.2) is 5.78 Å². The summed E-state index contributed by atoms with van der Waals surface area (Å²) in [6, 6.07) is 9.26. The number of aliphatic hydroxyl groups is 1. The number of hydrogen-bond donors (Lipinski definition) is 1. The van der Waals surface area contributed by atoms with Crippen LogP contribution in [0.15, 0.2) is 47.1 Å². The molecule has 3 fully saturated rings. The first-order chi connectivity index (χ1) is 16.4. The smallest absolute Gasteiger partial charge is 0.156 e. The topological polar surface area (TPSA) is 40.5 Å². The van der Waals surface area contributed by atoms with Crippen molar-refractivity contribution in [2.75, 3.05) is 18.0 Å². The van der Waals surface area contributed by atoms with Crippen molar-refractivity contribution in [2.24, 2.45) is 23.2 Å². The highest BCUT2D eigenvalue weighted by Gasteiger charge is 2.65. The lowest BCUT2D eigenvalue weighted by Gasteiger charge is -2.54. The van der Waals surface area contributed by atoms with Crippen LogP contribution >= 0.6 is 0 Å². The fraction of sp³-hybridized carbons (Fsp3) is 0.581. The van der Waals surface area contributed by atoms with Crippen LogP contribution in [-0.2, 0) is 4.79 Å². The molecule has 0 amide bonds. The van der Waals surface area contributed by atoms with Gasteiger partial charge >= 0.3 is 0 Å². The lowest BCUT2D eigenvalue weighted by atomic mass is 9.51. The molecule has 178 valence electrons. The number of hydrogen-bond acceptors (Lipinski definition) is 3. The minimum absolute atomic E-state index is 0.165. The zero-order chi connectivity index (χ0) is 23.7. The number of rotatable bonds is 2. The minimum atomic E-state index is -0.947. The minimum Gasteiger partial charge on any atom is -0.377 e. The highest BCUT2D eigenvalue weighted by atomic mass is 16.3. The van der Waals surface area contributed by atoms with Crippen LogP contribution in [0.25, 0.3) is 0 Å². The summed E-state index contributed by atoms with van der Waals surface area (Å²) in [5.74, 6) is 8.02. The monoisotopic (exact) mass is 455 g/mol. The van der Waals surface area contributed by atoms with Gasteiger partial charge < -0.3 is 10.0 Å². The average Bonchev–Trinajstić information content (AvgIpc) is 2.98. The zero-order valence-corrected chi connectivity index (χ0v) is 20.9. The number of nitrogens with zero attached hydrogens (tertiary/aromatic N) is 1. The van der Waals surface area contributed by atoms with Gasteiger partial charge in [-0.3, -0.25) is 4.79 Å². The molecule has 1 saturated heterocycles. The quantitative estimate of drug-likeness (QED) is 0.573. The summed E-state index contributed by atoms with van der Waals surface area (Å²) >= 11 is 0. The molecule has 4 aliphatic carbocycles. The normalized spacial score (nSPS) is 38.8. The number of ketones is 1. The third-order valence-corrected chi connectivity index (χ3v) is 10.1. The van der Waals surface area contributed by atoms with Gasteiger partial charge in [0.05, 0.1) is 0 Å². The van der Waals surface area contributed by atoms with Gasteiger partial charge in [-0.2, -0.15) is 0 Å². The van der Waals surface area contributed by atoms with Crippen molar-refractivity contribution in [3.05, 3.63) is 52.6 Å². The van der Waals surface area contributed by atoms with E-state index in [0.29, 0.717) is 18.3 Å². The predicted octanol–water partition coefficient (Wildman–Crippen LogP) is 5.80. The Labute approximate surface area is 204 Å². The molecule has 0 unspecified atom stereocenters. The van der Waals surface area contributed by atoms with Crippen LogP contribution in [0.4, 0.5) is 5.69 Å². The van der Waals surface area contributed by atoms with Crippen molar-refractivity contribution in [1.82, 2.24) is 0 Å². The summed E-state index contributed by atoms with van der Waals surface area (Å²) in [4.78, 5) is 14.7. The molecule has 2 saturated carbocycles. The second-order valence-corrected chi connectivity index (χ2v) is 11.7. The van der Waals surface area contributed by atoms with Crippen molar-refractivity contribution in [1.29, 1.82) is 0 Å². The van der Waals surface area contributed by atoms with Crippen LogP contribution < -0.4 is 4.90 Å². The van der Waals surface area contributed by atoms with Gasteiger partial charge in [0.2, 0.25) is 0 Å². The highest BCUT2D eigenvalue weighted by molar-refractivity contribution is 5.93. The maximum atomic E-state index is 12.2. The Balaban J connectivity index is 1.49. The van der Waals surface area contributed by atoms with Crippen molar-refractivity contribution in [3.63, 3.8) is 0 Å². The third-order valence-electron chi connectivity index (χ3n) is 10.1. The Morgan fingerprint density at radius 1 is 1.12 bits per heavy atom. The Bertz CT molecular complexity index is 1140. The number of anilines is 1. The van der Waals surface area contributed by atoms with Crippen LogP contribution in [0.3, 0.4) is 0 Å². The van der Waals surface area contributed by atoms with Crippen molar-refractivity contribution < 1.29 is 9.90 Å². The summed E-state index contributed by atoms with van der Waals surface area (Å²) in [7, 11) is 0. The SMILES string of the molecule is CC#C[C@]1(O)[C@H](C)C[C@H]2[C@@H]3CCC4=CC(=O)CCC4=C3[C@@H](c3ccc(N4CCC4)cc3)C[C@@]21C. The predicted molar refractivity (Wildman–Crippen MR) is 136 cm³/mol. The van der Waals surface area contributed by atoms with E-state index in [0.717, 1.165) is 45.2 Å². The van der Waals surface area contributed by atoms with Crippen LogP contribution in [0, 0.1) is 35.0 Å². The molecular formula is C31H37NO2. The Morgan fingerprint density at radius 2 is 1.88 bits per heavy atom. The van der Waals surface area contributed by atoms with Crippen LogP contribution in [0.1, 0.15) is 77.2 Å². The summed E-state index contributed by atoms with van der Waals surface area (Å²) in [6.07, 6.45) is 8.78. The first kappa shape index (κ1) is 22.2. The van der Waals surface area contributed by atoms with Gasteiger partial charge in [-0.05, 0) is 98.1 Å². The molecule has 34 heavy (non-hydrogen) atoms. The maximum Gasteiger partial charge on any atom is 0.156 e. The second-order valence-electron chi connectivity index (χ2n) is 11.7. The van der Waals surface area contributed by atoms with Gasteiger partial charge in [0.25, 0.3) is 0 Å². The molecule has 6 atom stereocenters. The van der Waals surface area contributed by atoms with E-state index in [1.807, 2.05) is 13.0 Å². The largest absolute Gasteiger partial charge is 0.377 e. The van der Waals surface area contributed by atoms with Crippen molar-refractivity contribution in [3.8, 4) is 11.8 Å². The number of carbonyl (C=O) groups is 1. The van der Waals surface area contributed by atoms with Crippen molar-refractivity contribution in [2.45, 2.75) is 77.2 Å². The lowest BCUT2D eigenvalue weighted by molar-refractivity contribution is -0.114. The first-order valence-corrected chi connectivity index (χ1v) is 13.3. The fourth-order valence-electron chi connectivity index (χ4n) is 8.24. The van der Waals surface area contributed by atoms with Gasteiger partial charge in [0, 0.05) is 36.5 Å². The highest BCUT2D eigenvalue weighted by Crippen LogP contribution is 2.68. The van der Waals surface area contributed by atoms with E-state index < -0.39 is 5.60 Å². The van der Waals surface area contributed by atoms with E-state index in [2.05, 4.69) is 54.9 Å². The van der Waals surface area contributed by atoms with E-state index >= 15 is 0 Å². The molecule has 1 N–H and O–H groups in total. The molecule has 3 nitrogen and oxygen atoms in total. The molecule has 1 aromatic carbocycles. The Morgan fingerprint density at radius 3 is 2.56 bits per heavy atom. The van der Waals surface area contributed by atoms with E-state index in [1.165, 1.54) is 28.8 Å². The van der Waals surface area contributed by atoms with Crippen LogP contribution in [-0.4, -0.2) is 29.6 Å². The number of allylic oxidation sites excluding steroid dienone is 4. The first-order valence-electron chi connectivity index (χ1n) is 13.3. The zero-order valence-electron chi connectivity index (χ0n) is 20.9. The molecular weight excluding hydrogens is 418 g/mol. The van der Waals surface area contributed by atoms with E-state index in [1.54, 1.807) is 5.57 Å². The molecule has 6 rings (SSSR count). The molecule has 5 aliphatic rings. The van der Waals surface area contributed by atoms with Crippen LogP contribution in [0.5, 0.6) is 0 Å². The number of fused-ring (bicyclic) bond motifs is 4. The van der Waals surface area contributed by atoms with Gasteiger partial charge in [-0.15, -0.1) is 5.92 Å². The lowest BCUT2D eigenvalue weighted by Crippen LogP contribution is -2.52. The molecule has 0 radical (unpaired) electrons. The van der Waals surface area contributed by atoms with Crippen LogP contribution in [0.2, 0.25) is 0 Å². The van der Waals surface area contributed by atoms with Gasteiger partial charge in [-0.1, -0.05) is 37.5 Å². The van der Waals surface area contributed by atoms with E-state index in [4.69, 9.17) is 0 Å². The fourth-order valence-corrected chi connectivity index (χ4v) is 8.24. The maximum absolute atomic E-state index is 12.2. The Kier molecular flexibility index (Phi) is 5.12. The summed E-state index contributed by atoms with van der Waals surface area (Å²) in [5.41, 5.74) is 5.85. The van der Waals surface area contributed by atoms with Gasteiger partial charge in [-0.25, -0.2) is 0 Å². The number of benzene rings is 1. The average molecular weight is 456 g/mol. The summed E-state index contributed by atoms with van der Waals surface area (Å²) < 4.78 is 0. The standard InChI is InChI=1S/C31H37NO2/c1-4-14-31(34)20(2)17-28-26-12-8-22-18-24(33)11-13-25(22)29(26)27(19-30(28,31)3)21-6-9-23(10-7-21)32-15-5-16-32/h6-7,9-10,18,20,26-28,34H,5,8,11-13,15-17,19H2,1-3H3/t20-,26+,27-,28+,30+,31+/m1/s1. The molecule has 0 bridgehead atoms. The molecule has 0 aromatic heterocycles. The Hall–Kier alpha value is -2.31. The van der Waals surface area contributed by atoms with Crippen molar-refractivity contribution >= 4 is 11.5 Å². The second kappa shape index (κ2) is 7.85. The van der Waals surface area contributed by atoms with Gasteiger partial charge in [0.1, 0.15) is 5.60 Å². The molecule has 1 aromatic rings. The van der Waals surface area contributed by atoms with E-state index in [-0.39, 0.29) is 23.0 Å². The number of carbonyl (C=O) groups excluding carboxylic acids is 1. The molecule has 0 spiro atoms. The summed E-state index contributed by atoms with van der Waals surface area (Å²) in [6.45, 7) is 8.70. The van der Waals surface area contributed by atoms with E-state index in [9.17, 15) is 9.90 Å². The summed E-state index contributed by atoms with van der Waals surface area (Å²) in [5, 5.41) is 12.0. The molecule has 3 heteroatoms. The molecule has 1 aliphatic heterocycles.